The molecule has 1 saturated heterocycles. The number of ketones is 1. The fraction of sp³-hybridized carbons (Fsp3) is 0.219. The highest BCUT2D eigenvalue weighted by molar-refractivity contribution is 6.04. The second-order valence-corrected chi connectivity index (χ2v) is 10.1. The summed E-state index contributed by atoms with van der Waals surface area (Å²) in [7, 11) is 0. The minimum atomic E-state index is -0.826. The second-order valence-electron chi connectivity index (χ2n) is 10.1. The number of hydrogen-bond donors (Lipinski definition) is 1. The number of aromatic nitrogens is 2. The normalized spacial score (nSPS) is 13.8. The van der Waals surface area contributed by atoms with Crippen molar-refractivity contribution in [2.24, 2.45) is 5.92 Å². The fourth-order valence-corrected chi connectivity index (χ4v) is 4.78. The highest BCUT2D eigenvalue weighted by Crippen LogP contribution is 2.25. The summed E-state index contributed by atoms with van der Waals surface area (Å²) in [6, 6.07) is 18.6. The van der Waals surface area contributed by atoms with Crippen molar-refractivity contribution in [1.29, 1.82) is 5.26 Å². The summed E-state index contributed by atoms with van der Waals surface area (Å²) >= 11 is 0. The molecule has 212 valence electrons. The smallest absolute Gasteiger partial charge is 0.257 e. The minimum absolute atomic E-state index is 0.0660. The number of likely N-dealkylation sites (tertiary alicyclic amines) is 1. The molecule has 2 aromatic heterocycles. The van der Waals surface area contributed by atoms with E-state index >= 15 is 0 Å². The van der Waals surface area contributed by atoms with Crippen LogP contribution in [0.1, 0.15) is 50.5 Å². The predicted molar refractivity (Wildman–Crippen MR) is 151 cm³/mol. The van der Waals surface area contributed by atoms with Crippen LogP contribution in [0.3, 0.4) is 0 Å². The highest BCUT2D eigenvalue weighted by atomic mass is 19.1. The average molecular weight is 568 g/mol. The Morgan fingerprint density at radius 2 is 1.81 bits per heavy atom. The van der Waals surface area contributed by atoms with Crippen molar-refractivity contribution >= 4 is 17.4 Å². The molecule has 1 aliphatic rings. The molecule has 1 amide bonds. The molecule has 0 atom stereocenters. The summed E-state index contributed by atoms with van der Waals surface area (Å²) in [5, 5.41) is 11.8. The van der Waals surface area contributed by atoms with Crippen LogP contribution >= 0.6 is 0 Å². The number of nitrogens with one attached hydrogen (secondary N) is 1. The maximum absolute atomic E-state index is 14.0. The Labute approximate surface area is 241 Å². The van der Waals surface area contributed by atoms with Gasteiger partial charge in [-0.15, -0.1) is 0 Å². The molecule has 0 radical (unpaired) electrons. The predicted octanol–water partition coefficient (Wildman–Crippen LogP) is 6.07. The van der Waals surface area contributed by atoms with Gasteiger partial charge in [0.05, 0.1) is 39.8 Å². The van der Waals surface area contributed by atoms with Gasteiger partial charge in [-0.1, -0.05) is 0 Å². The number of hydrogen-bond acceptors (Lipinski definition) is 7. The van der Waals surface area contributed by atoms with Crippen LogP contribution in [0.5, 0.6) is 11.6 Å². The Bertz CT molecular complexity index is 1640. The zero-order valence-corrected chi connectivity index (χ0v) is 22.8. The van der Waals surface area contributed by atoms with Gasteiger partial charge in [-0.2, -0.15) is 5.26 Å². The summed E-state index contributed by atoms with van der Waals surface area (Å²) < 4.78 is 33.0. The number of ether oxygens (including phenoxy) is 1. The number of nitrogens with zero attached hydrogens (tertiary/aromatic N) is 4. The molecule has 42 heavy (non-hydrogen) atoms. The lowest BCUT2D eigenvalue weighted by atomic mass is 9.88. The number of halogens is 2. The van der Waals surface area contributed by atoms with E-state index in [1.165, 1.54) is 12.3 Å². The van der Waals surface area contributed by atoms with Gasteiger partial charge in [-0.25, -0.2) is 13.8 Å². The monoisotopic (exact) mass is 567 g/mol. The molecule has 0 spiro atoms. The summed E-state index contributed by atoms with van der Waals surface area (Å²) in [5.41, 5.74) is 2.74. The van der Waals surface area contributed by atoms with Crippen molar-refractivity contribution in [3.8, 4) is 17.7 Å². The van der Waals surface area contributed by atoms with E-state index in [0.29, 0.717) is 66.6 Å². The molecule has 0 unspecified atom stereocenters. The molecule has 8 nitrogen and oxygen atoms in total. The van der Waals surface area contributed by atoms with Gasteiger partial charge >= 0.3 is 0 Å². The zero-order chi connectivity index (χ0) is 29.6. The van der Waals surface area contributed by atoms with Gasteiger partial charge in [-0.05, 0) is 87.5 Å². The number of pyridine rings is 2. The molecule has 0 aliphatic carbocycles. The van der Waals surface area contributed by atoms with Gasteiger partial charge in [-0.3, -0.25) is 19.5 Å². The summed E-state index contributed by atoms with van der Waals surface area (Å²) in [5.74, 6) is -1.56. The van der Waals surface area contributed by atoms with Crippen molar-refractivity contribution in [2.45, 2.75) is 26.3 Å². The van der Waals surface area contributed by atoms with Crippen molar-refractivity contribution in [2.75, 3.05) is 18.4 Å². The quantitative estimate of drug-likeness (QED) is 0.257. The third-order valence-electron chi connectivity index (χ3n) is 7.14. The first-order valence-electron chi connectivity index (χ1n) is 13.4. The lowest BCUT2D eigenvalue weighted by Gasteiger charge is -2.31. The molecule has 4 aromatic rings. The Hall–Kier alpha value is -5.01. The molecular formula is C32H27F2N5O3. The topological polar surface area (TPSA) is 108 Å². The van der Waals surface area contributed by atoms with Crippen molar-refractivity contribution in [3.63, 3.8) is 0 Å². The number of carbonyl (C=O) groups excluding carboxylic acids is 2. The summed E-state index contributed by atoms with van der Waals surface area (Å²) in [4.78, 5) is 36.5. The number of nitriles is 1. The van der Waals surface area contributed by atoms with Gasteiger partial charge in [0.1, 0.15) is 17.4 Å². The number of Topliss-reactive ketones (excluding diaryl/α,β-unsaturated/α-hetero) is 1. The van der Waals surface area contributed by atoms with E-state index in [1.54, 1.807) is 55.5 Å². The van der Waals surface area contributed by atoms with Gasteiger partial charge in [0, 0.05) is 30.8 Å². The van der Waals surface area contributed by atoms with E-state index in [-0.39, 0.29) is 23.2 Å². The van der Waals surface area contributed by atoms with Gasteiger partial charge < -0.3 is 10.1 Å². The first-order valence-corrected chi connectivity index (χ1v) is 13.4. The Morgan fingerprint density at radius 1 is 1.05 bits per heavy atom. The number of aryl methyl sites for hydroxylation is 1. The number of benzene rings is 2. The molecule has 1 fully saturated rings. The van der Waals surface area contributed by atoms with Gasteiger partial charge in [0.25, 0.3) is 5.91 Å². The molecule has 1 N–H and O–H groups in total. The lowest BCUT2D eigenvalue weighted by molar-refractivity contribution is 0.0829. The standard InChI is InChI=1S/C32H27F2N5O3/c1-20-29(10-11-30(37-20)42-26-7-2-21(17-35)3-8-26)38-32(41)23-4-6-25(36-18-23)19-39-14-12-22(13-15-39)31(40)27-9-5-24(33)16-28(27)34/h2-11,16,18,22H,12-15,19H2,1H3,(H,38,41). The lowest BCUT2D eigenvalue weighted by Crippen LogP contribution is -2.36. The molecule has 0 bridgehead atoms. The van der Waals surface area contributed by atoms with Crippen molar-refractivity contribution < 1.29 is 23.1 Å². The molecule has 1 aliphatic heterocycles. The number of piperidine rings is 1. The Balaban J connectivity index is 1.12. The first kappa shape index (κ1) is 28.5. The van der Waals surface area contributed by atoms with Gasteiger partial charge in [0.2, 0.25) is 5.88 Å². The molecule has 2 aromatic carbocycles. The van der Waals surface area contributed by atoms with Crippen LogP contribution in [0.2, 0.25) is 0 Å². The van der Waals surface area contributed by atoms with Crippen LogP contribution in [0.25, 0.3) is 0 Å². The van der Waals surface area contributed by atoms with Crippen LogP contribution in [0.15, 0.2) is 72.9 Å². The van der Waals surface area contributed by atoms with Gasteiger partial charge in [0.15, 0.2) is 5.78 Å². The van der Waals surface area contributed by atoms with Crippen LogP contribution in [0.4, 0.5) is 14.5 Å². The molecule has 0 saturated carbocycles. The number of rotatable bonds is 8. The maximum atomic E-state index is 14.0. The van der Waals surface area contributed by atoms with E-state index in [4.69, 9.17) is 10.00 Å². The van der Waals surface area contributed by atoms with E-state index in [9.17, 15) is 18.4 Å². The molecule has 3 heterocycles. The van der Waals surface area contributed by atoms with Crippen LogP contribution < -0.4 is 10.1 Å². The summed E-state index contributed by atoms with van der Waals surface area (Å²) in [6.07, 6.45) is 2.66. The van der Waals surface area contributed by atoms with E-state index < -0.39 is 11.6 Å². The Morgan fingerprint density at radius 3 is 2.45 bits per heavy atom. The summed E-state index contributed by atoms with van der Waals surface area (Å²) in [6.45, 7) is 3.59. The number of anilines is 1. The minimum Gasteiger partial charge on any atom is -0.439 e. The van der Waals surface area contributed by atoms with Crippen LogP contribution in [0, 0.1) is 35.8 Å². The zero-order valence-electron chi connectivity index (χ0n) is 22.8. The van der Waals surface area contributed by atoms with Crippen molar-refractivity contribution in [1.82, 2.24) is 14.9 Å². The third-order valence-corrected chi connectivity index (χ3v) is 7.14. The Kier molecular flexibility index (Phi) is 8.60. The number of carbonyl (C=O) groups is 2. The highest BCUT2D eigenvalue weighted by Gasteiger charge is 2.27. The third kappa shape index (κ3) is 6.82. The van der Waals surface area contributed by atoms with E-state index in [2.05, 4.69) is 26.3 Å². The molecular weight excluding hydrogens is 540 g/mol. The SMILES string of the molecule is Cc1nc(Oc2ccc(C#N)cc2)ccc1NC(=O)c1ccc(CN2CCC(C(=O)c3ccc(F)cc3F)CC2)nc1. The van der Waals surface area contributed by atoms with E-state index in [0.717, 1.165) is 17.8 Å². The van der Waals surface area contributed by atoms with E-state index in [1.807, 2.05) is 0 Å². The second kappa shape index (κ2) is 12.7. The fourth-order valence-electron chi connectivity index (χ4n) is 4.78. The van der Waals surface area contributed by atoms with Crippen molar-refractivity contribution in [3.05, 3.63) is 113 Å². The van der Waals surface area contributed by atoms with Crippen LogP contribution in [-0.4, -0.2) is 39.6 Å². The maximum Gasteiger partial charge on any atom is 0.257 e. The average Bonchev–Trinajstić information content (AvgIpc) is 2.99. The molecule has 5 rings (SSSR count). The molecule has 10 heteroatoms. The first-order chi connectivity index (χ1) is 20.3. The van der Waals surface area contributed by atoms with Crippen LogP contribution in [-0.2, 0) is 6.54 Å². The largest absolute Gasteiger partial charge is 0.439 e. The number of amides is 1.